The molecule has 1 saturated carbocycles. The van der Waals surface area contributed by atoms with Crippen LogP contribution in [0.4, 0.5) is 0 Å². The zero-order chi connectivity index (χ0) is 27.7. The summed E-state index contributed by atoms with van der Waals surface area (Å²) in [4.78, 5) is 28.6. The van der Waals surface area contributed by atoms with E-state index in [0.717, 1.165) is 0 Å². The third-order valence-electron chi connectivity index (χ3n) is 7.91. The highest BCUT2D eigenvalue weighted by molar-refractivity contribution is 6.14. The Morgan fingerprint density at radius 1 is 1.26 bits per heavy atom. The second-order valence-electron chi connectivity index (χ2n) is 11.7. The second kappa shape index (κ2) is 8.71. The minimum Gasteiger partial charge on any atom is -0.510 e. The number of phenolic OH excluding ortho intramolecular Hbond substituents is 1. The number of aliphatic hydroxyl groups is 2. The lowest BCUT2D eigenvalue weighted by Crippen LogP contribution is -2.63. The number of nitrogens with zero attached hydrogens (tertiary/aromatic N) is 2. The molecule has 1 amide bonds. The van der Waals surface area contributed by atoms with Gasteiger partial charge in [-0.3, -0.25) is 14.5 Å². The fourth-order valence-electron chi connectivity index (χ4n) is 6.52. The maximum Gasteiger partial charge on any atom is 0.252 e. The fraction of sp³-hybridized carbons (Fsp3) is 0.464. The number of phenols is 1. The van der Waals surface area contributed by atoms with E-state index < -0.39 is 35.2 Å². The van der Waals surface area contributed by atoms with Gasteiger partial charge in [0.05, 0.1) is 30.0 Å². The van der Waals surface area contributed by atoms with Crippen molar-refractivity contribution in [3.63, 3.8) is 0 Å². The number of carbonyl (C=O) groups is 2. The van der Waals surface area contributed by atoms with Gasteiger partial charge in [-0.1, -0.05) is 6.08 Å². The van der Waals surface area contributed by atoms with Gasteiger partial charge in [0.15, 0.2) is 11.4 Å². The molecule has 4 atom stereocenters. The Kier molecular flexibility index (Phi) is 5.96. The summed E-state index contributed by atoms with van der Waals surface area (Å²) >= 11 is 0. The molecule has 38 heavy (non-hydrogen) atoms. The summed E-state index contributed by atoms with van der Waals surface area (Å²) in [5, 5.41) is 37.8. The van der Waals surface area contributed by atoms with Gasteiger partial charge in [0.1, 0.15) is 17.3 Å². The van der Waals surface area contributed by atoms with Gasteiger partial charge in [0.2, 0.25) is 0 Å². The van der Waals surface area contributed by atoms with Crippen LogP contribution in [0.1, 0.15) is 43.9 Å². The largest absolute Gasteiger partial charge is 0.510 e. The van der Waals surface area contributed by atoms with Gasteiger partial charge < -0.3 is 31.2 Å². The van der Waals surface area contributed by atoms with Crippen LogP contribution >= 0.6 is 0 Å². The lowest BCUT2D eigenvalue weighted by molar-refractivity contribution is -0.148. The van der Waals surface area contributed by atoms with E-state index in [2.05, 4.69) is 10.5 Å². The van der Waals surface area contributed by atoms with Crippen LogP contribution in [-0.2, 0) is 20.7 Å². The number of aliphatic hydroxyl groups excluding tert-OH is 2. The monoisotopic (exact) mass is 522 g/mol. The molecule has 6 N–H and O–H groups in total. The van der Waals surface area contributed by atoms with E-state index in [0.29, 0.717) is 24.0 Å². The van der Waals surface area contributed by atoms with E-state index >= 15 is 0 Å². The van der Waals surface area contributed by atoms with Crippen molar-refractivity contribution in [3.05, 3.63) is 57.4 Å². The normalized spacial score (nSPS) is 28.7. The van der Waals surface area contributed by atoms with Crippen molar-refractivity contribution in [1.29, 1.82) is 0 Å². The number of hydrogen-bond acceptors (Lipinski definition) is 9. The summed E-state index contributed by atoms with van der Waals surface area (Å²) in [6.07, 6.45) is 4.00. The minimum atomic E-state index is -1.58. The number of carbonyl (C=O) groups excluding carboxylic acids is 2. The van der Waals surface area contributed by atoms with Gasteiger partial charge in [-0.15, -0.1) is 0 Å². The van der Waals surface area contributed by atoms with E-state index in [4.69, 9.17) is 10.5 Å². The van der Waals surface area contributed by atoms with Crippen LogP contribution < -0.4 is 11.2 Å². The van der Waals surface area contributed by atoms with E-state index in [1.807, 2.05) is 20.8 Å². The first kappa shape index (κ1) is 26.0. The smallest absolute Gasteiger partial charge is 0.252 e. The highest BCUT2D eigenvalue weighted by Gasteiger charge is 2.65. The van der Waals surface area contributed by atoms with E-state index in [9.17, 15) is 24.9 Å². The minimum absolute atomic E-state index is 0.0592. The highest BCUT2D eigenvalue weighted by Crippen LogP contribution is 2.57. The lowest BCUT2D eigenvalue weighted by Gasteiger charge is -2.52. The molecule has 10 nitrogen and oxygen atoms in total. The fourth-order valence-corrected chi connectivity index (χ4v) is 6.52. The number of rotatable bonds is 4. The highest BCUT2D eigenvalue weighted by atomic mass is 16.5. The van der Waals surface area contributed by atoms with Gasteiger partial charge >= 0.3 is 0 Å². The molecule has 4 aliphatic rings. The Balaban J connectivity index is 1.68. The van der Waals surface area contributed by atoms with Gasteiger partial charge in [0.25, 0.3) is 5.91 Å². The molecular weight excluding hydrogens is 488 g/mol. The average molecular weight is 523 g/mol. The maximum absolute atomic E-state index is 14.4. The van der Waals surface area contributed by atoms with Gasteiger partial charge in [-0.05, 0) is 76.9 Å². The predicted octanol–water partition coefficient (Wildman–Crippen LogP) is 2.08. The number of benzene rings is 1. The zero-order valence-electron chi connectivity index (χ0n) is 22.2. The van der Waals surface area contributed by atoms with Crippen LogP contribution in [0.2, 0.25) is 0 Å². The van der Waals surface area contributed by atoms with Crippen LogP contribution in [0.15, 0.2) is 45.8 Å². The number of hydrazone groups is 1. The second-order valence-corrected chi connectivity index (χ2v) is 11.7. The third kappa shape index (κ3) is 3.65. The molecule has 0 unspecified atom stereocenters. The average Bonchev–Trinajstić information content (AvgIpc) is 3.23. The van der Waals surface area contributed by atoms with E-state index in [1.54, 1.807) is 37.4 Å². The number of ketones is 1. The van der Waals surface area contributed by atoms with Crippen molar-refractivity contribution in [2.45, 2.75) is 50.8 Å². The first-order valence-corrected chi connectivity index (χ1v) is 12.7. The number of nitrogens with two attached hydrogens (primary N) is 1. The number of likely N-dealkylation sites (N-methyl/N-ethyl adjacent to an activating group) is 1. The van der Waals surface area contributed by atoms with Crippen molar-refractivity contribution in [1.82, 2.24) is 10.3 Å². The van der Waals surface area contributed by atoms with Crippen LogP contribution in [0, 0.1) is 11.8 Å². The molecule has 0 saturated heterocycles. The van der Waals surface area contributed by atoms with Crippen molar-refractivity contribution >= 4 is 23.7 Å². The Morgan fingerprint density at radius 2 is 1.97 bits per heavy atom. The molecule has 0 bridgehead atoms. The number of primary amides is 1. The predicted molar refractivity (Wildman–Crippen MR) is 142 cm³/mol. The molecule has 202 valence electrons. The molecule has 0 aromatic heterocycles. The van der Waals surface area contributed by atoms with Gasteiger partial charge in [0, 0.05) is 22.6 Å². The molecule has 1 spiro atoms. The summed E-state index contributed by atoms with van der Waals surface area (Å²) in [6, 6.07) is 2.49. The van der Waals surface area contributed by atoms with Crippen molar-refractivity contribution < 1.29 is 29.6 Å². The summed E-state index contributed by atoms with van der Waals surface area (Å²) in [7, 11) is 3.52. The standard InChI is InChI=1S/C28H34N4O6/c1-27(2,3)31-30-12-13-6-7-18(33)20-15(13)10-14-11-17-22(32(4)5)24(35)21(26(29)37)16-8-9-38-28(16,17)25(36)19(14)23(20)34/h6-8,12,14,17,22,31,33-35H,9-11H2,1-5H3,(H2,29,37)/b30-12+/t14-,17-,22-,28-/m0/s1. The van der Waals surface area contributed by atoms with Crippen LogP contribution in [0.5, 0.6) is 5.75 Å². The van der Waals surface area contributed by atoms with E-state index in [-0.39, 0.29) is 51.7 Å². The first-order valence-electron chi connectivity index (χ1n) is 12.7. The Morgan fingerprint density at radius 3 is 2.61 bits per heavy atom. The number of nitrogens with one attached hydrogen (secondary N) is 1. The molecule has 1 aliphatic heterocycles. The molecule has 1 fully saturated rings. The summed E-state index contributed by atoms with van der Waals surface area (Å²) < 4.78 is 6.14. The Bertz CT molecular complexity index is 1370. The van der Waals surface area contributed by atoms with Gasteiger partial charge in [-0.2, -0.15) is 5.10 Å². The number of hydrogen-bond donors (Lipinski definition) is 5. The van der Waals surface area contributed by atoms with Crippen LogP contribution in [-0.4, -0.2) is 76.0 Å². The van der Waals surface area contributed by atoms with Crippen molar-refractivity contribution in [2.75, 3.05) is 20.7 Å². The van der Waals surface area contributed by atoms with Crippen LogP contribution in [0.3, 0.4) is 0 Å². The molecular formula is C28H34N4O6. The number of Topliss-reactive ketones (excluding diaryl/α,β-unsaturated/α-hetero) is 1. The summed E-state index contributed by atoms with van der Waals surface area (Å²) in [5.41, 5.74) is 8.75. The molecule has 3 aliphatic carbocycles. The van der Waals surface area contributed by atoms with Crippen molar-refractivity contribution in [3.8, 4) is 5.75 Å². The molecule has 10 heteroatoms. The molecule has 1 heterocycles. The topological polar surface area (TPSA) is 158 Å². The zero-order valence-corrected chi connectivity index (χ0v) is 22.2. The number of ether oxygens (including phenoxy) is 1. The van der Waals surface area contributed by atoms with Crippen molar-refractivity contribution in [2.24, 2.45) is 22.7 Å². The SMILES string of the molecule is CN(C)[C@@H]1C(O)=C(C(N)=O)C2=CCO[C@@]23C(=O)C2=C(O)c4c(O)ccc(/C=N/NC(C)(C)C)c4C[C@H]2C[C@@H]13. The quantitative estimate of drug-likeness (QED) is 0.297. The Labute approximate surface area is 221 Å². The lowest BCUT2D eigenvalue weighted by atomic mass is 9.56. The Hall–Kier alpha value is -3.63. The number of aromatic hydroxyl groups is 1. The molecule has 1 aromatic rings. The number of amides is 1. The van der Waals surface area contributed by atoms with Crippen LogP contribution in [0.25, 0.3) is 5.76 Å². The maximum atomic E-state index is 14.4. The third-order valence-corrected chi connectivity index (χ3v) is 7.91. The summed E-state index contributed by atoms with van der Waals surface area (Å²) in [5.74, 6) is -2.91. The summed E-state index contributed by atoms with van der Waals surface area (Å²) in [6.45, 7) is 6.00. The number of fused-ring (bicyclic) bond motifs is 2. The molecule has 0 radical (unpaired) electrons. The van der Waals surface area contributed by atoms with E-state index in [1.165, 1.54) is 6.07 Å². The molecule has 5 rings (SSSR count). The first-order chi connectivity index (χ1) is 17.8. The molecule has 1 aromatic carbocycles. The van der Waals surface area contributed by atoms with Gasteiger partial charge in [-0.25, -0.2) is 0 Å².